The number of aromatic nitrogens is 2. The maximum Gasteiger partial charge on any atom is 0.241 e. The number of hydrogen-bond acceptors (Lipinski definition) is 4. The maximum atomic E-state index is 12.0. The number of anilines is 1. The summed E-state index contributed by atoms with van der Waals surface area (Å²) in [5, 5.41) is 7.27. The summed E-state index contributed by atoms with van der Waals surface area (Å²) in [5.74, 6) is -0.0145. The molecule has 0 saturated heterocycles. The van der Waals surface area contributed by atoms with Crippen LogP contribution >= 0.6 is 0 Å². The molecule has 0 atom stereocenters. The van der Waals surface area contributed by atoms with Crippen molar-refractivity contribution in [3.05, 3.63) is 11.4 Å². The molecule has 1 amide bonds. The average molecular weight is 280 g/mol. The zero-order valence-electron chi connectivity index (χ0n) is 12.5. The molecule has 0 unspecified atom stereocenters. The molecule has 112 valence electrons. The van der Waals surface area contributed by atoms with E-state index in [9.17, 15) is 4.79 Å². The maximum absolute atomic E-state index is 12.0. The molecular formula is C14H24N4O2. The molecule has 20 heavy (non-hydrogen) atoms. The van der Waals surface area contributed by atoms with Gasteiger partial charge in [0.2, 0.25) is 5.91 Å². The van der Waals surface area contributed by atoms with Gasteiger partial charge >= 0.3 is 0 Å². The fourth-order valence-corrected chi connectivity index (χ4v) is 2.35. The van der Waals surface area contributed by atoms with Crippen LogP contribution in [0.1, 0.15) is 30.7 Å². The summed E-state index contributed by atoms with van der Waals surface area (Å²) >= 11 is 0. The van der Waals surface area contributed by atoms with Crippen LogP contribution in [-0.2, 0) is 16.1 Å². The minimum Gasteiger partial charge on any atom is -0.396 e. The molecule has 1 aliphatic rings. The summed E-state index contributed by atoms with van der Waals surface area (Å²) in [6, 6.07) is 0. The molecule has 0 aromatic carbocycles. The first-order valence-corrected chi connectivity index (χ1v) is 7.02. The Hall–Kier alpha value is -1.56. The number of ether oxygens (including phenoxy) is 1. The minimum absolute atomic E-state index is 0.0145. The van der Waals surface area contributed by atoms with E-state index in [4.69, 9.17) is 10.5 Å². The van der Waals surface area contributed by atoms with Crippen molar-refractivity contribution < 1.29 is 9.53 Å². The van der Waals surface area contributed by atoms with Crippen LogP contribution in [-0.4, -0.2) is 35.9 Å². The van der Waals surface area contributed by atoms with Crippen molar-refractivity contribution in [1.82, 2.24) is 15.1 Å². The lowest BCUT2D eigenvalue weighted by molar-refractivity contribution is -0.122. The van der Waals surface area contributed by atoms with Crippen molar-refractivity contribution in [2.24, 2.45) is 5.41 Å². The smallest absolute Gasteiger partial charge is 0.241 e. The molecule has 0 bridgehead atoms. The number of nitrogen functional groups attached to an aromatic ring is 1. The number of hydrogen-bond donors (Lipinski definition) is 2. The number of nitrogens with zero attached hydrogens (tertiary/aromatic N) is 2. The van der Waals surface area contributed by atoms with Gasteiger partial charge in [0, 0.05) is 20.3 Å². The first-order valence-electron chi connectivity index (χ1n) is 7.02. The van der Waals surface area contributed by atoms with Crippen molar-refractivity contribution in [2.75, 3.05) is 26.0 Å². The van der Waals surface area contributed by atoms with Gasteiger partial charge in [0.15, 0.2) is 0 Å². The van der Waals surface area contributed by atoms with Crippen LogP contribution < -0.4 is 11.1 Å². The standard InChI is InChI=1S/C14H24N4O2/c1-10-13(15)11(2)18(17-10)8-12(19)16-9-14(4-5-14)6-7-20-3/h4-9,15H2,1-3H3,(H,16,19). The van der Waals surface area contributed by atoms with E-state index in [1.54, 1.807) is 11.8 Å². The Bertz CT molecular complexity index is 492. The Morgan fingerprint density at radius 3 is 2.70 bits per heavy atom. The summed E-state index contributed by atoms with van der Waals surface area (Å²) in [5.41, 5.74) is 8.40. The van der Waals surface area contributed by atoms with Crippen LogP contribution in [0.25, 0.3) is 0 Å². The average Bonchev–Trinajstić information content (AvgIpc) is 3.16. The summed E-state index contributed by atoms with van der Waals surface area (Å²) in [6.45, 7) is 5.43. The van der Waals surface area contributed by atoms with E-state index in [1.807, 2.05) is 13.8 Å². The fourth-order valence-electron chi connectivity index (χ4n) is 2.35. The first kappa shape index (κ1) is 14.8. The lowest BCUT2D eigenvalue weighted by Gasteiger charge is -2.15. The molecule has 0 radical (unpaired) electrons. The predicted octanol–water partition coefficient (Wildman–Crippen LogP) is 1.02. The number of nitrogens with two attached hydrogens (primary N) is 1. The fraction of sp³-hybridized carbons (Fsp3) is 0.714. The van der Waals surface area contributed by atoms with E-state index >= 15 is 0 Å². The number of carbonyl (C=O) groups is 1. The molecule has 1 saturated carbocycles. The van der Waals surface area contributed by atoms with E-state index in [0.29, 0.717) is 5.69 Å². The Labute approximate surface area is 119 Å². The molecule has 0 aliphatic heterocycles. The van der Waals surface area contributed by atoms with Crippen molar-refractivity contribution in [3.63, 3.8) is 0 Å². The molecule has 6 nitrogen and oxygen atoms in total. The number of carbonyl (C=O) groups excluding carboxylic acids is 1. The van der Waals surface area contributed by atoms with E-state index in [0.717, 1.165) is 31.0 Å². The highest BCUT2D eigenvalue weighted by atomic mass is 16.5. The zero-order chi connectivity index (χ0) is 14.8. The lowest BCUT2D eigenvalue weighted by Crippen LogP contribution is -2.33. The number of amides is 1. The van der Waals surface area contributed by atoms with Crippen LogP contribution in [0, 0.1) is 19.3 Å². The van der Waals surface area contributed by atoms with Gasteiger partial charge in [-0.05, 0) is 38.5 Å². The highest BCUT2D eigenvalue weighted by molar-refractivity contribution is 5.76. The number of aryl methyl sites for hydroxylation is 1. The molecule has 0 spiro atoms. The SMILES string of the molecule is COCCC1(CNC(=O)Cn2nc(C)c(N)c2C)CC1. The second-order valence-electron chi connectivity index (χ2n) is 5.76. The molecule has 1 fully saturated rings. The molecule has 1 aromatic rings. The molecule has 1 heterocycles. The van der Waals surface area contributed by atoms with Crippen molar-refractivity contribution >= 4 is 11.6 Å². The molecular weight excluding hydrogens is 256 g/mol. The number of methoxy groups -OCH3 is 1. The Morgan fingerprint density at radius 2 is 2.20 bits per heavy atom. The highest BCUT2D eigenvalue weighted by Crippen LogP contribution is 2.48. The van der Waals surface area contributed by atoms with Crippen LogP contribution in [0.15, 0.2) is 0 Å². The largest absolute Gasteiger partial charge is 0.396 e. The van der Waals surface area contributed by atoms with Gasteiger partial charge < -0.3 is 15.8 Å². The van der Waals surface area contributed by atoms with Crippen LogP contribution in [0.5, 0.6) is 0 Å². The van der Waals surface area contributed by atoms with E-state index in [-0.39, 0.29) is 17.9 Å². The number of rotatable bonds is 7. The Balaban J connectivity index is 1.82. The van der Waals surface area contributed by atoms with Gasteiger partial charge in [-0.25, -0.2) is 0 Å². The predicted molar refractivity (Wildman–Crippen MR) is 77.3 cm³/mol. The van der Waals surface area contributed by atoms with E-state index in [1.165, 1.54) is 12.8 Å². The van der Waals surface area contributed by atoms with Gasteiger partial charge in [-0.2, -0.15) is 5.10 Å². The van der Waals surface area contributed by atoms with Crippen molar-refractivity contribution in [3.8, 4) is 0 Å². The van der Waals surface area contributed by atoms with Gasteiger partial charge in [-0.1, -0.05) is 0 Å². The molecule has 1 aromatic heterocycles. The van der Waals surface area contributed by atoms with Crippen LogP contribution in [0.2, 0.25) is 0 Å². The van der Waals surface area contributed by atoms with Gasteiger partial charge in [-0.3, -0.25) is 9.48 Å². The molecule has 6 heteroatoms. The van der Waals surface area contributed by atoms with Crippen LogP contribution in [0.3, 0.4) is 0 Å². The van der Waals surface area contributed by atoms with Gasteiger partial charge in [0.25, 0.3) is 0 Å². The normalized spacial score (nSPS) is 16.1. The topological polar surface area (TPSA) is 82.2 Å². The summed E-state index contributed by atoms with van der Waals surface area (Å²) in [7, 11) is 1.71. The summed E-state index contributed by atoms with van der Waals surface area (Å²) in [6.07, 6.45) is 3.35. The van der Waals surface area contributed by atoms with Gasteiger partial charge in [-0.15, -0.1) is 0 Å². The summed E-state index contributed by atoms with van der Waals surface area (Å²) < 4.78 is 6.77. The van der Waals surface area contributed by atoms with Crippen molar-refractivity contribution in [1.29, 1.82) is 0 Å². The first-order chi connectivity index (χ1) is 9.47. The second kappa shape index (κ2) is 5.83. The minimum atomic E-state index is -0.0145. The third kappa shape index (κ3) is 3.30. The molecule has 3 N–H and O–H groups in total. The lowest BCUT2D eigenvalue weighted by atomic mass is 10.0. The third-order valence-corrected chi connectivity index (χ3v) is 4.19. The van der Waals surface area contributed by atoms with Gasteiger partial charge in [0.1, 0.15) is 6.54 Å². The van der Waals surface area contributed by atoms with Crippen LogP contribution in [0.4, 0.5) is 5.69 Å². The Kier molecular flexibility index (Phi) is 4.32. The van der Waals surface area contributed by atoms with E-state index < -0.39 is 0 Å². The van der Waals surface area contributed by atoms with E-state index in [2.05, 4.69) is 10.4 Å². The van der Waals surface area contributed by atoms with Crippen molar-refractivity contribution in [2.45, 2.75) is 39.7 Å². The zero-order valence-corrected chi connectivity index (χ0v) is 12.5. The number of nitrogens with one attached hydrogen (secondary N) is 1. The monoisotopic (exact) mass is 280 g/mol. The third-order valence-electron chi connectivity index (χ3n) is 4.19. The molecule has 1 aliphatic carbocycles. The highest BCUT2D eigenvalue weighted by Gasteiger charge is 2.42. The Morgan fingerprint density at radius 1 is 1.50 bits per heavy atom. The summed E-state index contributed by atoms with van der Waals surface area (Å²) in [4.78, 5) is 12.0. The second-order valence-corrected chi connectivity index (χ2v) is 5.76. The van der Waals surface area contributed by atoms with Gasteiger partial charge in [0.05, 0.1) is 17.1 Å². The quantitative estimate of drug-likeness (QED) is 0.781. The molecule has 2 rings (SSSR count).